The molecule has 146 valence electrons. The number of rotatable bonds is 4. The molecule has 0 saturated carbocycles. The molecule has 0 spiro atoms. The van der Waals surface area contributed by atoms with Crippen molar-refractivity contribution in [3.8, 4) is 5.69 Å². The molecule has 1 aliphatic heterocycles. The quantitative estimate of drug-likeness (QED) is 0.560. The largest absolute Gasteiger partial charge is 0.461 e. The summed E-state index contributed by atoms with van der Waals surface area (Å²) in [5.41, 5.74) is 3.03. The molecule has 1 saturated heterocycles. The molecule has 0 aliphatic carbocycles. The third-order valence-corrected chi connectivity index (χ3v) is 5.98. The first-order valence-corrected chi connectivity index (χ1v) is 10.4. The van der Waals surface area contributed by atoms with Crippen LogP contribution in [0.25, 0.3) is 16.6 Å². The second kappa shape index (κ2) is 8.25. The SMILES string of the molecule is CCOC(=O)c1c(C2CNCCO2)c2cc(Cl)c(Br)cc2n1-c1ccccc1. The number of nitrogens with one attached hydrogen (secondary N) is 1. The Bertz CT molecular complexity index is 1010. The van der Waals surface area contributed by atoms with Crippen molar-refractivity contribution in [3.05, 3.63) is 63.2 Å². The van der Waals surface area contributed by atoms with E-state index in [1.807, 2.05) is 47.0 Å². The number of morpholine rings is 1. The average molecular weight is 464 g/mol. The van der Waals surface area contributed by atoms with E-state index in [0.29, 0.717) is 30.5 Å². The van der Waals surface area contributed by atoms with Crippen LogP contribution in [0.5, 0.6) is 0 Å². The first-order chi connectivity index (χ1) is 13.6. The van der Waals surface area contributed by atoms with Gasteiger partial charge in [0.2, 0.25) is 0 Å². The lowest BCUT2D eigenvalue weighted by Gasteiger charge is -2.24. The minimum atomic E-state index is -0.376. The number of para-hydroxylation sites is 1. The molecule has 2 aromatic carbocycles. The lowest BCUT2D eigenvalue weighted by molar-refractivity contribution is 0.0260. The highest BCUT2D eigenvalue weighted by Gasteiger charge is 2.31. The van der Waals surface area contributed by atoms with Crippen molar-refractivity contribution in [1.82, 2.24) is 9.88 Å². The monoisotopic (exact) mass is 462 g/mol. The molecule has 0 bridgehead atoms. The lowest BCUT2D eigenvalue weighted by Crippen LogP contribution is -2.34. The molecular formula is C21H20BrClN2O3. The highest BCUT2D eigenvalue weighted by atomic mass is 79.9. The molecule has 1 N–H and O–H groups in total. The Morgan fingerprint density at radius 1 is 1.36 bits per heavy atom. The number of fused-ring (bicyclic) bond motifs is 1. The van der Waals surface area contributed by atoms with Crippen LogP contribution in [0.1, 0.15) is 29.1 Å². The van der Waals surface area contributed by atoms with Crippen molar-refractivity contribution in [1.29, 1.82) is 0 Å². The number of carbonyl (C=O) groups excluding carboxylic acids is 1. The van der Waals surface area contributed by atoms with Gasteiger partial charge in [0.15, 0.2) is 0 Å². The number of benzene rings is 2. The highest BCUT2D eigenvalue weighted by molar-refractivity contribution is 9.10. The van der Waals surface area contributed by atoms with E-state index in [0.717, 1.165) is 33.2 Å². The second-order valence-corrected chi connectivity index (χ2v) is 7.76. The molecular weight excluding hydrogens is 444 g/mol. The molecule has 1 aromatic heterocycles. The van der Waals surface area contributed by atoms with Gasteiger partial charge in [0.05, 0.1) is 29.9 Å². The lowest BCUT2D eigenvalue weighted by atomic mass is 10.0. The Morgan fingerprint density at radius 2 is 2.14 bits per heavy atom. The van der Waals surface area contributed by atoms with E-state index < -0.39 is 0 Å². The highest BCUT2D eigenvalue weighted by Crippen LogP contribution is 2.39. The molecule has 2 heterocycles. The zero-order valence-electron chi connectivity index (χ0n) is 15.4. The number of ether oxygens (including phenoxy) is 2. The van der Waals surface area contributed by atoms with Crippen LogP contribution in [0.2, 0.25) is 5.02 Å². The number of esters is 1. The Hall–Kier alpha value is -1.86. The van der Waals surface area contributed by atoms with Gasteiger partial charge in [-0.1, -0.05) is 29.8 Å². The first-order valence-electron chi connectivity index (χ1n) is 9.20. The van der Waals surface area contributed by atoms with Gasteiger partial charge >= 0.3 is 5.97 Å². The molecule has 1 unspecified atom stereocenters. The van der Waals surface area contributed by atoms with Crippen LogP contribution in [0.4, 0.5) is 0 Å². The molecule has 0 amide bonds. The van der Waals surface area contributed by atoms with Crippen molar-refractivity contribution < 1.29 is 14.3 Å². The summed E-state index contributed by atoms with van der Waals surface area (Å²) < 4.78 is 14.2. The summed E-state index contributed by atoms with van der Waals surface area (Å²) in [4.78, 5) is 13.1. The standard InChI is InChI=1S/C21H20BrClN2O3/c1-2-27-21(26)20-19(18-12-24-8-9-28-18)14-10-16(23)15(22)11-17(14)25(20)13-6-4-3-5-7-13/h3-7,10-11,18,24H,2,8-9,12H2,1H3. The maximum absolute atomic E-state index is 13.1. The van der Waals surface area contributed by atoms with Crippen LogP contribution in [-0.2, 0) is 9.47 Å². The van der Waals surface area contributed by atoms with Crippen LogP contribution in [0.15, 0.2) is 46.9 Å². The van der Waals surface area contributed by atoms with E-state index in [9.17, 15) is 4.79 Å². The molecule has 1 aliphatic rings. The van der Waals surface area contributed by atoms with Gasteiger partial charge in [-0.15, -0.1) is 0 Å². The van der Waals surface area contributed by atoms with Crippen LogP contribution in [0, 0.1) is 0 Å². The predicted molar refractivity (Wildman–Crippen MR) is 114 cm³/mol. The summed E-state index contributed by atoms with van der Waals surface area (Å²) in [6, 6.07) is 13.6. The van der Waals surface area contributed by atoms with Gasteiger partial charge in [-0.05, 0) is 47.1 Å². The Labute approximate surface area is 176 Å². The molecule has 7 heteroatoms. The predicted octanol–water partition coefficient (Wildman–Crippen LogP) is 4.88. The summed E-state index contributed by atoms with van der Waals surface area (Å²) >= 11 is 9.93. The number of carbonyl (C=O) groups is 1. The topological polar surface area (TPSA) is 52.5 Å². The summed E-state index contributed by atoms with van der Waals surface area (Å²) in [6.07, 6.45) is -0.266. The van der Waals surface area contributed by atoms with Crippen molar-refractivity contribution in [2.45, 2.75) is 13.0 Å². The number of aromatic nitrogens is 1. The van der Waals surface area contributed by atoms with Crippen molar-refractivity contribution in [2.75, 3.05) is 26.3 Å². The van der Waals surface area contributed by atoms with Gasteiger partial charge < -0.3 is 19.4 Å². The fourth-order valence-corrected chi connectivity index (χ4v) is 4.12. The van der Waals surface area contributed by atoms with Crippen LogP contribution in [-0.4, -0.2) is 36.8 Å². The van der Waals surface area contributed by atoms with Gasteiger partial charge in [-0.25, -0.2) is 4.79 Å². The fourth-order valence-electron chi connectivity index (χ4n) is 3.63. The van der Waals surface area contributed by atoms with E-state index >= 15 is 0 Å². The summed E-state index contributed by atoms with van der Waals surface area (Å²) in [5.74, 6) is -0.376. The normalized spacial score (nSPS) is 17.0. The van der Waals surface area contributed by atoms with Crippen molar-refractivity contribution >= 4 is 44.4 Å². The summed E-state index contributed by atoms with van der Waals surface area (Å²) in [5, 5.41) is 4.81. The van der Waals surface area contributed by atoms with E-state index in [4.69, 9.17) is 21.1 Å². The fraction of sp³-hybridized carbons (Fsp3) is 0.286. The zero-order valence-corrected chi connectivity index (χ0v) is 17.7. The van der Waals surface area contributed by atoms with Gasteiger partial charge in [-0.2, -0.15) is 0 Å². The van der Waals surface area contributed by atoms with E-state index in [1.54, 1.807) is 6.92 Å². The van der Waals surface area contributed by atoms with Crippen LogP contribution < -0.4 is 5.32 Å². The molecule has 1 fully saturated rings. The van der Waals surface area contributed by atoms with Crippen LogP contribution in [0.3, 0.4) is 0 Å². The van der Waals surface area contributed by atoms with Gasteiger partial charge in [0.25, 0.3) is 0 Å². The third-order valence-electron chi connectivity index (χ3n) is 4.78. The molecule has 1 atom stereocenters. The number of hydrogen-bond acceptors (Lipinski definition) is 4. The van der Waals surface area contributed by atoms with Crippen molar-refractivity contribution in [3.63, 3.8) is 0 Å². The Kier molecular flexibility index (Phi) is 5.73. The number of nitrogens with zero attached hydrogens (tertiary/aromatic N) is 1. The maximum atomic E-state index is 13.1. The minimum Gasteiger partial charge on any atom is -0.461 e. The number of hydrogen-bond donors (Lipinski definition) is 1. The molecule has 5 nitrogen and oxygen atoms in total. The van der Waals surface area contributed by atoms with Crippen molar-refractivity contribution in [2.24, 2.45) is 0 Å². The van der Waals surface area contributed by atoms with E-state index in [1.165, 1.54) is 0 Å². The maximum Gasteiger partial charge on any atom is 0.355 e. The first kappa shape index (κ1) is 19.5. The van der Waals surface area contributed by atoms with E-state index in [2.05, 4.69) is 21.2 Å². The molecule has 0 radical (unpaired) electrons. The molecule has 4 rings (SSSR count). The van der Waals surface area contributed by atoms with Gasteiger partial charge in [0.1, 0.15) is 5.69 Å². The van der Waals surface area contributed by atoms with Crippen LogP contribution >= 0.6 is 27.5 Å². The average Bonchev–Trinajstić information content (AvgIpc) is 3.04. The second-order valence-electron chi connectivity index (χ2n) is 6.50. The minimum absolute atomic E-state index is 0.266. The van der Waals surface area contributed by atoms with E-state index in [-0.39, 0.29) is 12.1 Å². The molecule has 28 heavy (non-hydrogen) atoms. The van der Waals surface area contributed by atoms with Gasteiger partial charge in [-0.3, -0.25) is 0 Å². The molecule has 3 aromatic rings. The Balaban J connectivity index is 2.08. The summed E-state index contributed by atoms with van der Waals surface area (Å²) in [6.45, 7) is 4.08. The van der Waals surface area contributed by atoms with Gasteiger partial charge in [0, 0.05) is 34.2 Å². The number of halogens is 2. The summed E-state index contributed by atoms with van der Waals surface area (Å²) in [7, 11) is 0. The Morgan fingerprint density at radius 3 is 2.82 bits per heavy atom. The zero-order chi connectivity index (χ0) is 19.7. The smallest absolute Gasteiger partial charge is 0.355 e. The third kappa shape index (κ3) is 3.46.